The minimum atomic E-state index is -3.87. The Morgan fingerprint density at radius 2 is 2.00 bits per heavy atom. The molecular formula is C20H20N2O5S. The van der Waals surface area contributed by atoms with Gasteiger partial charge in [0.15, 0.2) is 0 Å². The van der Waals surface area contributed by atoms with Crippen LogP contribution in [0.3, 0.4) is 0 Å². The molecule has 0 bridgehead atoms. The Morgan fingerprint density at radius 1 is 1.18 bits per heavy atom. The Hall–Kier alpha value is -2.71. The maximum Gasteiger partial charge on any atom is 0.257 e. The molecule has 1 atom stereocenters. The highest BCUT2D eigenvalue weighted by Crippen LogP contribution is 2.34. The summed E-state index contributed by atoms with van der Waals surface area (Å²) in [7, 11) is -3.87. The van der Waals surface area contributed by atoms with Crippen LogP contribution in [-0.2, 0) is 14.6 Å². The fraction of sp³-hybridized carbons (Fsp3) is 0.300. The normalized spacial score (nSPS) is 19.9. The van der Waals surface area contributed by atoms with Crippen LogP contribution in [0, 0.1) is 0 Å². The fourth-order valence-electron chi connectivity index (χ4n) is 3.52. The van der Waals surface area contributed by atoms with Crippen LogP contribution < -0.4 is 10.6 Å². The number of carbonyl (C=O) groups is 2. The van der Waals surface area contributed by atoms with Crippen LogP contribution in [0.5, 0.6) is 0 Å². The van der Waals surface area contributed by atoms with E-state index >= 15 is 0 Å². The molecule has 0 spiro atoms. The number of amides is 2. The third kappa shape index (κ3) is 3.41. The van der Waals surface area contributed by atoms with E-state index < -0.39 is 15.7 Å². The van der Waals surface area contributed by atoms with E-state index in [4.69, 9.17) is 4.74 Å². The average molecular weight is 400 g/mol. The van der Waals surface area contributed by atoms with Crippen LogP contribution in [0.15, 0.2) is 52.3 Å². The summed E-state index contributed by atoms with van der Waals surface area (Å²) in [5.41, 5.74) is 0.474. The zero-order valence-corrected chi connectivity index (χ0v) is 15.9. The Morgan fingerprint density at radius 3 is 2.79 bits per heavy atom. The van der Waals surface area contributed by atoms with Crippen molar-refractivity contribution in [2.24, 2.45) is 0 Å². The van der Waals surface area contributed by atoms with Gasteiger partial charge in [-0.1, -0.05) is 12.1 Å². The first-order valence-corrected chi connectivity index (χ1v) is 10.6. The Balaban J connectivity index is 1.58. The van der Waals surface area contributed by atoms with Crippen molar-refractivity contribution < 1.29 is 22.7 Å². The monoisotopic (exact) mass is 400 g/mol. The largest absolute Gasteiger partial charge is 0.378 e. The second kappa shape index (κ2) is 7.37. The minimum Gasteiger partial charge on any atom is -0.378 e. The van der Waals surface area contributed by atoms with E-state index in [1.165, 1.54) is 30.3 Å². The summed E-state index contributed by atoms with van der Waals surface area (Å²) in [6, 6.07) is 10.3. The predicted octanol–water partition coefficient (Wildman–Crippen LogP) is 2.38. The highest BCUT2D eigenvalue weighted by atomic mass is 32.2. The molecule has 0 saturated carbocycles. The van der Waals surface area contributed by atoms with Crippen molar-refractivity contribution in [1.29, 1.82) is 0 Å². The first kappa shape index (κ1) is 18.6. The van der Waals surface area contributed by atoms with Gasteiger partial charge in [0.05, 0.1) is 27.1 Å². The maximum atomic E-state index is 13.0. The van der Waals surface area contributed by atoms with Gasteiger partial charge in [-0.05, 0) is 49.6 Å². The summed E-state index contributed by atoms with van der Waals surface area (Å²) in [5.74, 6) is -0.844. The number of ether oxygens (including phenoxy) is 1. The number of sulfone groups is 1. The molecule has 1 unspecified atom stereocenters. The van der Waals surface area contributed by atoms with Crippen molar-refractivity contribution >= 4 is 27.3 Å². The third-order valence-corrected chi connectivity index (χ3v) is 6.85. The molecule has 4 rings (SSSR count). The molecule has 28 heavy (non-hydrogen) atoms. The van der Waals surface area contributed by atoms with Crippen LogP contribution in [0.2, 0.25) is 0 Å². The van der Waals surface area contributed by atoms with E-state index in [1.54, 1.807) is 12.1 Å². The van der Waals surface area contributed by atoms with Gasteiger partial charge in [-0.3, -0.25) is 9.59 Å². The summed E-state index contributed by atoms with van der Waals surface area (Å²) in [6.07, 6.45) is 2.95. The van der Waals surface area contributed by atoms with Gasteiger partial charge in [0.25, 0.3) is 11.8 Å². The molecule has 0 aliphatic carbocycles. The summed E-state index contributed by atoms with van der Waals surface area (Å²) in [5, 5.41) is 5.43. The van der Waals surface area contributed by atoms with Crippen LogP contribution in [0.25, 0.3) is 0 Å². The van der Waals surface area contributed by atoms with Crippen molar-refractivity contribution in [3.05, 3.63) is 53.6 Å². The van der Waals surface area contributed by atoms with Gasteiger partial charge in [0.2, 0.25) is 9.84 Å². The molecular weight excluding hydrogens is 380 g/mol. The zero-order chi connectivity index (χ0) is 19.7. The molecule has 2 aromatic carbocycles. The molecule has 2 aliphatic heterocycles. The number of hydrogen-bond donors (Lipinski definition) is 2. The predicted molar refractivity (Wildman–Crippen MR) is 102 cm³/mol. The molecule has 2 aromatic rings. The van der Waals surface area contributed by atoms with Crippen molar-refractivity contribution in [2.75, 3.05) is 18.5 Å². The minimum absolute atomic E-state index is 0.0262. The molecule has 0 radical (unpaired) electrons. The molecule has 2 N–H and O–H groups in total. The van der Waals surface area contributed by atoms with E-state index in [0.29, 0.717) is 6.54 Å². The number of carbonyl (C=O) groups excluding carboxylic acids is 2. The lowest BCUT2D eigenvalue weighted by atomic mass is 10.1. The van der Waals surface area contributed by atoms with Crippen LogP contribution in [0.1, 0.15) is 40.0 Å². The number of hydrogen-bond acceptors (Lipinski definition) is 5. The summed E-state index contributed by atoms with van der Waals surface area (Å²) in [4.78, 5) is 24.8. The standard InChI is InChI=1S/C20H20N2O5S/c23-19(21-10-9-14-4-3-11-27-14)13-7-8-18-16(12-13)22-20(24)15-5-1-2-6-17(15)28(18,25)26/h1-2,5-8,12,14H,3-4,9-11H2,(H,21,23)(H,22,24). The van der Waals surface area contributed by atoms with Gasteiger partial charge in [0, 0.05) is 18.7 Å². The van der Waals surface area contributed by atoms with Gasteiger partial charge in [-0.15, -0.1) is 0 Å². The van der Waals surface area contributed by atoms with E-state index in [9.17, 15) is 18.0 Å². The van der Waals surface area contributed by atoms with E-state index in [-0.39, 0.29) is 38.6 Å². The lowest BCUT2D eigenvalue weighted by molar-refractivity contribution is 0.0906. The molecule has 1 fully saturated rings. The molecule has 146 valence electrons. The molecule has 0 aromatic heterocycles. The average Bonchev–Trinajstić information content (AvgIpc) is 3.18. The lowest BCUT2D eigenvalue weighted by Gasteiger charge is -2.12. The van der Waals surface area contributed by atoms with E-state index in [2.05, 4.69) is 10.6 Å². The molecule has 2 aliphatic rings. The third-order valence-electron chi connectivity index (χ3n) is 4.98. The lowest BCUT2D eigenvalue weighted by Crippen LogP contribution is -2.27. The highest BCUT2D eigenvalue weighted by molar-refractivity contribution is 7.91. The quantitative estimate of drug-likeness (QED) is 0.821. The van der Waals surface area contributed by atoms with Crippen LogP contribution in [-0.4, -0.2) is 39.5 Å². The molecule has 8 heteroatoms. The zero-order valence-electron chi connectivity index (χ0n) is 15.1. The second-order valence-corrected chi connectivity index (χ2v) is 8.73. The summed E-state index contributed by atoms with van der Waals surface area (Å²) >= 11 is 0. The first-order chi connectivity index (χ1) is 13.5. The van der Waals surface area contributed by atoms with Crippen LogP contribution >= 0.6 is 0 Å². The molecule has 1 saturated heterocycles. The SMILES string of the molecule is O=C(NCCC1CCCO1)c1ccc2c(c1)NC(=O)c1ccccc1S2(=O)=O. The maximum absolute atomic E-state index is 13.0. The number of fused-ring (bicyclic) bond motifs is 2. The van der Waals surface area contributed by atoms with Gasteiger partial charge in [-0.2, -0.15) is 0 Å². The fourth-order valence-corrected chi connectivity index (χ4v) is 5.11. The Bertz CT molecular complexity index is 1040. The number of rotatable bonds is 4. The van der Waals surface area contributed by atoms with E-state index in [0.717, 1.165) is 25.9 Å². The Labute approximate surface area is 163 Å². The van der Waals surface area contributed by atoms with Crippen molar-refractivity contribution in [1.82, 2.24) is 5.32 Å². The van der Waals surface area contributed by atoms with E-state index in [1.807, 2.05) is 0 Å². The first-order valence-electron chi connectivity index (χ1n) is 9.16. The summed E-state index contributed by atoms with van der Waals surface area (Å²) < 4.78 is 31.4. The van der Waals surface area contributed by atoms with Gasteiger partial charge < -0.3 is 15.4 Å². The number of benzene rings is 2. The number of nitrogens with one attached hydrogen (secondary N) is 2. The van der Waals surface area contributed by atoms with Crippen LogP contribution in [0.4, 0.5) is 5.69 Å². The number of anilines is 1. The molecule has 7 nitrogen and oxygen atoms in total. The molecule has 2 amide bonds. The van der Waals surface area contributed by atoms with Crippen molar-refractivity contribution in [3.63, 3.8) is 0 Å². The van der Waals surface area contributed by atoms with Gasteiger partial charge >= 0.3 is 0 Å². The molecule has 2 heterocycles. The van der Waals surface area contributed by atoms with Crippen molar-refractivity contribution in [3.8, 4) is 0 Å². The highest BCUT2D eigenvalue weighted by Gasteiger charge is 2.31. The smallest absolute Gasteiger partial charge is 0.257 e. The van der Waals surface area contributed by atoms with Gasteiger partial charge in [0.1, 0.15) is 0 Å². The summed E-state index contributed by atoms with van der Waals surface area (Å²) in [6.45, 7) is 1.23. The van der Waals surface area contributed by atoms with Gasteiger partial charge in [-0.25, -0.2) is 8.42 Å². The Kier molecular flexibility index (Phi) is 4.91. The topological polar surface area (TPSA) is 102 Å². The second-order valence-electron chi connectivity index (χ2n) is 6.84. The van der Waals surface area contributed by atoms with Crippen molar-refractivity contribution in [2.45, 2.75) is 35.2 Å².